The Morgan fingerprint density at radius 1 is 1.45 bits per heavy atom. The van der Waals surface area contributed by atoms with E-state index in [0.29, 0.717) is 0 Å². The molecule has 0 aliphatic carbocycles. The Labute approximate surface area is 70.1 Å². The number of hydrogen-bond acceptors (Lipinski definition) is 1. The maximum atomic E-state index is 2.42. The second kappa shape index (κ2) is 3.80. The minimum Gasteiger partial charge on any atom is -0.378 e. The summed E-state index contributed by atoms with van der Waals surface area (Å²) in [5.74, 6) is 0. The Kier molecular flexibility index (Phi) is 2.98. The fourth-order valence-corrected chi connectivity index (χ4v) is 1.83. The number of nitrogens with zero attached hydrogens (tertiary/aromatic N) is 1. The monoisotopic (exact) mass is 153 g/mol. The van der Waals surface area contributed by atoms with Crippen LogP contribution in [0.4, 0.5) is 0 Å². The van der Waals surface area contributed by atoms with Crippen LogP contribution in [-0.2, 0) is 0 Å². The first kappa shape index (κ1) is 8.63. The van der Waals surface area contributed by atoms with Gasteiger partial charge in [0.15, 0.2) is 0 Å². The Morgan fingerprint density at radius 2 is 2.18 bits per heavy atom. The zero-order valence-electron chi connectivity index (χ0n) is 7.98. The van der Waals surface area contributed by atoms with Gasteiger partial charge in [-0.3, -0.25) is 0 Å². The van der Waals surface area contributed by atoms with Crippen molar-refractivity contribution >= 4 is 0 Å². The van der Waals surface area contributed by atoms with Crippen molar-refractivity contribution < 1.29 is 0 Å². The van der Waals surface area contributed by atoms with E-state index in [4.69, 9.17) is 0 Å². The van der Waals surface area contributed by atoms with Gasteiger partial charge in [-0.2, -0.15) is 0 Å². The SMILES string of the molecule is CCCC1=C(C)CCCN1C. The topological polar surface area (TPSA) is 3.24 Å². The summed E-state index contributed by atoms with van der Waals surface area (Å²) >= 11 is 0. The Balaban J connectivity index is 2.66. The van der Waals surface area contributed by atoms with Gasteiger partial charge < -0.3 is 4.90 Å². The number of hydrogen-bond donors (Lipinski definition) is 0. The lowest BCUT2D eigenvalue weighted by Crippen LogP contribution is -2.24. The second-order valence-electron chi connectivity index (χ2n) is 3.50. The molecule has 11 heavy (non-hydrogen) atoms. The van der Waals surface area contributed by atoms with Crippen LogP contribution in [0.1, 0.15) is 39.5 Å². The molecule has 0 unspecified atom stereocenters. The van der Waals surface area contributed by atoms with Crippen LogP contribution < -0.4 is 0 Å². The predicted octanol–water partition coefficient (Wildman–Crippen LogP) is 2.79. The van der Waals surface area contributed by atoms with Gasteiger partial charge in [-0.25, -0.2) is 0 Å². The van der Waals surface area contributed by atoms with Gasteiger partial charge >= 0.3 is 0 Å². The summed E-state index contributed by atoms with van der Waals surface area (Å²) in [4.78, 5) is 2.42. The molecule has 1 rings (SSSR count). The molecule has 0 N–H and O–H groups in total. The molecule has 0 aromatic rings. The first-order chi connectivity index (χ1) is 5.25. The molecule has 0 bridgehead atoms. The van der Waals surface area contributed by atoms with Crippen LogP contribution in [0.5, 0.6) is 0 Å². The first-order valence-corrected chi connectivity index (χ1v) is 4.65. The summed E-state index contributed by atoms with van der Waals surface area (Å²) < 4.78 is 0. The highest BCUT2D eigenvalue weighted by molar-refractivity contribution is 5.13. The third-order valence-electron chi connectivity index (χ3n) is 2.49. The molecule has 1 nitrogen and oxygen atoms in total. The molecule has 0 radical (unpaired) electrons. The van der Waals surface area contributed by atoms with Crippen LogP contribution in [-0.4, -0.2) is 18.5 Å². The molecular weight excluding hydrogens is 134 g/mol. The molecule has 0 atom stereocenters. The van der Waals surface area contributed by atoms with E-state index in [9.17, 15) is 0 Å². The fraction of sp³-hybridized carbons (Fsp3) is 0.800. The van der Waals surface area contributed by atoms with Crippen LogP contribution >= 0.6 is 0 Å². The molecule has 1 heteroatoms. The molecule has 1 aliphatic heterocycles. The minimum absolute atomic E-state index is 1.26. The summed E-state index contributed by atoms with van der Waals surface area (Å²) in [6.07, 6.45) is 5.20. The van der Waals surface area contributed by atoms with Gasteiger partial charge in [0.25, 0.3) is 0 Å². The highest BCUT2D eigenvalue weighted by Gasteiger charge is 2.12. The van der Waals surface area contributed by atoms with Gasteiger partial charge in [0.05, 0.1) is 0 Å². The molecular formula is C10H19N. The quantitative estimate of drug-likeness (QED) is 0.589. The van der Waals surface area contributed by atoms with E-state index in [1.165, 1.54) is 32.2 Å². The minimum atomic E-state index is 1.26. The van der Waals surface area contributed by atoms with Crippen LogP contribution in [0.15, 0.2) is 11.3 Å². The van der Waals surface area contributed by atoms with Crippen molar-refractivity contribution in [3.63, 3.8) is 0 Å². The van der Waals surface area contributed by atoms with Crippen molar-refractivity contribution in [1.29, 1.82) is 0 Å². The van der Waals surface area contributed by atoms with E-state index >= 15 is 0 Å². The largest absolute Gasteiger partial charge is 0.378 e. The van der Waals surface area contributed by atoms with Crippen molar-refractivity contribution in [1.82, 2.24) is 4.90 Å². The molecule has 64 valence electrons. The number of allylic oxidation sites excluding steroid dienone is 2. The van der Waals surface area contributed by atoms with Crippen LogP contribution in [0, 0.1) is 0 Å². The summed E-state index contributed by atoms with van der Waals surface area (Å²) in [5.41, 5.74) is 3.21. The normalized spacial score (nSPS) is 19.4. The molecule has 0 aromatic carbocycles. The average Bonchev–Trinajstić information content (AvgIpc) is 1.97. The predicted molar refractivity (Wildman–Crippen MR) is 49.5 cm³/mol. The van der Waals surface area contributed by atoms with Crippen molar-refractivity contribution in [3.05, 3.63) is 11.3 Å². The zero-order valence-corrected chi connectivity index (χ0v) is 7.98. The molecule has 1 heterocycles. The lowest BCUT2D eigenvalue weighted by atomic mass is 10.0. The van der Waals surface area contributed by atoms with Crippen LogP contribution in [0.25, 0.3) is 0 Å². The van der Waals surface area contributed by atoms with E-state index in [1.807, 2.05) is 0 Å². The standard InChI is InChI=1S/C10H19N/c1-4-6-10-9(2)7-5-8-11(10)3/h4-8H2,1-3H3. The lowest BCUT2D eigenvalue weighted by molar-refractivity contribution is 0.362. The average molecular weight is 153 g/mol. The number of rotatable bonds is 2. The lowest BCUT2D eigenvalue weighted by Gasteiger charge is -2.29. The van der Waals surface area contributed by atoms with E-state index in [2.05, 4.69) is 25.8 Å². The Hall–Kier alpha value is -0.460. The van der Waals surface area contributed by atoms with Gasteiger partial charge in [-0.05, 0) is 26.2 Å². The summed E-state index contributed by atoms with van der Waals surface area (Å²) in [6, 6.07) is 0. The molecule has 0 spiro atoms. The molecule has 1 aliphatic rings. The van der Waals surface area contributed by atoms with Crippen molar-refractivity contribution in [2.24, 2.45) is 0 Å². The highest BCUT2D eigenvalue weighted by Crippen LogP contribution is 2.23. The zero-order chi connectivity index (χ0) is 8.27. The molecule has 0 fully saturated rings. The first-order valence-electron chi connectivity index (χ1n) is 4.65. The molecule has 0 aromatic heterocycles. The molecule has 0 saturated heterocycles. The van der Waals surface area contributed by atoms with Gasteiger partial charge in [0, 0.05) is 19.3 Å². The van der Waals surface area contributed by atoms with E-state index in [1.54, 1.807) is 11.3 Å². The Morgan fingerprint density at radius 3 is 2.73 bits per heavy atom. The summed E-state index contributed by atoms with van der Waals surface area (Å²) in [5, 5.41) is 0. The summed E-state index contributed by atoms with van der Waals surface area (Å²) in [6.45, 7) is 5.79. The van der Waals surface area contributed by atoms with Crippen LogP contribution in [0.3, 0.4) is 0 Å². The van der Waals surface area contributed by atoms with Gasteiger partial charge in [0.2, 0.25) is 0 Å². The van der Waals surface area contributed by atoms with Gasteiger partial charge in [-0.15, -0.1) is 0 Å². The van der Waals surface area contributed by atoms with Crippen LogP contribution in [0.2, 0.25) is 0 Å². The molecule has 0 amide bonds. The third kappa shape index (κ3) is 1.98. The van der Waals surface area contributed by atoms with Gasteiger partial charge in [0.1, 0.15) is 0 Å². The van der Waals surface area contributed by atoms with E-state index < -0.39 is 0 Å². The fourth-order valence-electron chi connectivity index (χ4n) is 1.83. The third-order valence-corrected chi connectivity index (χ3v) is 2.49. The maximum Gasteiger partial charge on any atom is 0.0174 e. The van der Waals surface area contributed by atoms with Crippen molar-refractivity contribution in [3.8, 4) is 0 Å². The smallest absolute Gasteiger partial charge is 0.0174 e. The van der Waals surface area contributed by atoms with Crippen molar-refractivity contribution in [2.45, 2.75) is 39.5 Å². The maximum absolute atomic E-state index is 2.42. The Bertz CT molecular complexity index is 158. The van der Waals surface area contributed by atoms with E-state index in [0.717, 1.165) is 0 Å². The van der Waals surface area contributed by atoms with Gasteiger partial charge in [-0.1, -0.05) is 18.9 Å². The molecule has 0 saturated carbocycles. The highest BCUT2D eigenvalue weighted by atomic mass is 15.1. The van der Waals surface area contributed by atoms with E-state index in [-0.39, 0.29) is 0 Å². The van der Waals surface area contributed by atoms with Crippen molar-refractivity contribution in [2.75, 3.05) is 13.6 Å². The summed E-state index contributed by atoms with van der Waals surface area (Å²) in [7, 11) is 2.22. The second-order valence-corrected chi connectivity index (χ2v) is 3.50.